The lowest BCUT2D eigenvalue weighted by atomic mass is 9.88. The third kappa shape index (κ3) is 3.79. The zero-order chi connectivity index (χ0) is 10.8. The lowest BCUT2D eigenvalue weighted by molar-refractivity contribution is -0.121. The van der Waals surface area contributed by atoms with Crippen LogP contribution in [0.1, 0.15) is 47.0 Å². The topological polar surface area (TPSA) is 29.1 Å². The highest BCUT2D eigenvalue weighted by Gasteiger charge is 2.27. The number of carbonyl (C=O) groups excluding carboxylic acids is 1. The molecular formula is C12H23NO. The van der Waals surface area contributed by atoms with Crippen LogP contribution in [0.3, 0.4) is 0 Å². The van der Waals surface area contributed by atoms with Crippen molar-refractivity contribution in [2.24, 2.45) is 11.3 Å². The molecule has 0 aromatic rings. The van der Waals surface area contributed by atoms with E-state index in [-0.39, 0.29) is 11.5 Å². The first-order valence-electron chi connectivity index (χ1n) is 5.64. The van der Waals surface area contributed by atoms with Crippen molar-refractivity contribution in [3.05, 3.63) is 0 Å². The molecule has 1 rings (SSSR count). The molecule has 14 heavy (non-hydrogen) atoms. The van der Waals surface area contributed by atoms with E-state index in [2.05, 4.69) is 33.0 Å². The number of hydrogen-bond acceptors (Lipinski definition) is 2. The molecule has 0 saturated carbocycles. The maximum atomic E-state index is 11.8. The van der Waals surface area contributed by atoms with E-state index in [4.69, 9.17) is 0 Å². The van der Waals surface area contributed by atoms with Crippen molar-refractivity contribution in [2.75, 3.05) is 6.54 Å². The van der Waals surface area contributed by atoms with Gasteiger partial charge in [0.2, 0.25) is 0 Å². The molecule has 2 unspecified atom stereocenters. The van der Waals surface area contributed by atoms with Gasteiger partial charge >= 0.3 is 0 Å². The van der Waals surface area contributed by atoms with Crippen LogP contribution in [0.25, 0.3) is 0 Å². The Balaban J connectivity index is 2.29. The first kappa shape index (κ1) is 11.7. The number of ketones is 1. The monoisotopic (exact) mass is 197 g/mol. The van der Waals surface area contributed by atoms with Crippen molar-refractivity contribution in [3.63, 3.8) is 0 Å². The molecule has 1 saturated heterocycles. The van der Waals surface area contributed by atoms with Crippen molar-refractivity contribution in [1.82, 2.24) is 5.32 Å². The van der Waals surface area contributed by atoms with Crippen LogP contribution in [0.15, 0.2) is 0 Å². The minimum absolute atomic E-state index is 0.146. The van der Waals surface area contributed by atoms with Crippen molar-refractivity contribution in [1.29, 1.82) is 0 Å². The fraction of sp³-hybridized carbons (Fsp3) is 0.917. The fourth-order valence-electron chi connectivity index (χ4n) is 1.83. The van der Waals surface area contributed by atoms with Gasteiger partial charge in [-0.25, -0.2) is 0 Å². The summed E-state index contributed by atoms with van der Waals surface area (Å²) in [6.07, 6.45) is 2.76. The summed E-state index contributed by atoms with van der Waals surface area (Å²) in [7, 11) is 0. The zero-order valence-corrected chi connectivity index (χ0v) is 9.89. The molecule has 2 heteroatoms. The summed E-state index contributed by atoms with van der Waals surface area (Å²) >= 11 is 0. The van der Waals surface area contributed by atoms with Gasteiger partial charge < -0.3 is 5.32 Å². The van der Waals surface area contributed by atoms with Crippen LogP contribution in [0.2, 0.25) is 0 Å². The quantitative estimate of drug-likeness (QED) is 0.752. The van der Waals surface area contributed by atoms with E-state index in [1.165, 1.54) is 0 Å². The number of carbonyl (C=O) groups is 1. The Kier molecular flexibility index (Phi) is 3.71. The summed E-state index contributed by atoms with van der Waals surface area (Å²) in [5, 5.41) is 3.29. The predicted molar refractivity (Wildman–Crippen MR) is 59.3 cm³/mol. The highest BCUT2D eigenvalue weighted by atomic mass is 16.1. The Labute approximate surface area is 87.5 Å². The Morgan fingerprint density at radius 3 is 2.50 bits per heavy atom. The molecule has 0 amide bonds. The van der Waals surface area contributed by atoms with Crippen LogP contribution < -0.4 is 5.32 Å². The highest BCUT2D eigenvalue weighted by Crippen LogP contribution is 2.23. The molecule has 1 N–H and O–H groups in total. The minimum atomic E-state index is 0.146. The molecule has 82 valence electrons. The zero-order valence-electron chi connectivity index (χ0n) is 9.89. The van der Waals surface area contributed by atoms with Gasteiger partial charge in [0.25, 0.3) is 0 Å². The summed E-state index contributed by atoms with van der Waals surface area (Å²) in [5.74, 6) is 1.07. The molecule has 0 radical (unpaired) electrons. The standard InChI is InChI=1S/C12H23NO/c1-9-7-10(13-8-9)11(14)5-6-12(2,3)4/h9-10,13H,5-8H2,1-4H3. The molecule has 0 spiro atoms. The van der Waals surface area contributed by atoms with Gasteiger partial charge in [0, 0.05) is 6.42 Å². The van der Waals surface area contributed by atoms with Gasteiger partial charge in [-0.1, -0.05) is 27.7 Å². The van der Waals surface area contributed by atoms with Crippen LogP contribution in [0.4, 0.5) is 0 Å². The predicted octanol–water partition coefficient (Wildman–Crippen LogP) is 2.38. The Morgan fingerprint density at radius 2 is 2.07 bits per heavy atom. The summed E-state index contributed by atoms with van der Waals surface area (Å²) in [6, 6.07) is 0.146. The van der Waals surface area contributed by atoms with Crippen LogP contribution in [-0.4, -0.2) is 18.4 Å². The van der Waals surface area contributed by atoms with Crippen molar-refractivity contribution >= 4 is 5.78 Å². The number of Topliss-reactive ketones (excluding diaryl/α,β-unsaturated/α-hetero) is 1. The summed E-state index contributed by atoms with van der Waals surface area (Å²) in [4.78, 5) is 11.8. The maximum Gasteiger partial charge on any atom is 0.149 e. The van der Waals surface area contributed by atoms with Gasteiger partial charge in [-0.2, -0.15) is 0 Å². The van der Waals surface area contributed by atoms with Gasteiger partial charge in [0.05, 0.1) is 6.04 Å². The number of nitrogens with one attached hydrogen (secondary N) is 1. The van der Waals surface area contributed by atoms with E-state index in [0.29, 0.717) is 11.7 Å². The molecule has 0 aromatic carbocycles. The first-order chi connectivity index (χ1) is 6.38. The second-order valence-corrected chi connectivity index (χ2v) is 5.83. The average Bonchev–Trinajstić information content (AvgIpc) is 2.46. The molecule has 0 aromatic heterocycles. The van der Waals surface area contributed by atoms with E-state index in [1.807, 2.05) is 0 Å². The van der Waals surface area contributed by atoms with Gasteiger partial charge in [-0.05, 0) is 30.7 Å². The van der Waals surface area contributed by atoms with E-state index in [1.54, 1.807) is 0 Å². The lowest BCUT2D eigenvalue weighted by Crippen LogP contribution is -2.31. The van der Waals surface area contributed by atoms with Crippen LogP contribution >= 0.6 is 0 Å². The maximum absolute atomic E-state index is 11.8. The largest absolute Gasteiger partial charge is 0.307 e. The molecule has 2 atom stereocenters. The van der Waals surface area contributed by atoms with Crippen molar-refractivity contribution in [3.8, 4) is 0 Å². The van der Waals surface area contributed by atoms with Gasteiger partial charge in [0.15, 0.2) is 0 Å². The van der Waals surface area contributed by atoms with E-state index < -0.39 is 0 Å². The smallest absolute Gasteiger partial charge is 0.149 e. The Bertz CT molecular complexity index is 205. The van der Waals surface area contributed by atoms with E-state index >= 15 is 0 Å². The molecule has 1 aliphatic heterocycles. The molecule has 0 aliphatic carbocycles. The first-order valence-corrected chi connectivity index (χ1v) is 5.64. The molecule has 2 nitrogen and oxygen atoms in total. The molecular weight excluding hydrogens is 174 g/mol. The van der Waals surface area contributed by atoms with Crippen molar-refractivity contribution in [2.45, 2.75) is 53.0 Å². The third-order valence-electron chi connectivity index (χ3n) is 2.86. The SMILES string of the molecule is CC1CNC(C(=O)CCC(C)(C)C)C1. The Morgan fingerprint density at radius 1 is 1.43 bits per heavy atom. The van der Waals surface area contributed by atoms with Gasteiger partial charge in [0.1, 0.15) is 5.78 Å². The average molecular weight is 197 g/mol. The molecule has 0 bridgehead atoms. The number of rotatable bonds is 3. The Hall–Kier alpha value is -0.370. The highest BCUT2D eigenvalue weighted by molar-refractivity contribution is 5.84. The summed E-state index contributed by atoms with van der Waals surface area (Å²) < 4.78 is 0. The fourth-order valence-corrected chi connectivity index (χ4v) is 1.83. The lowest BCUT2D eigenvalue weighted by Gasteiger charge is -2.18. The molecule has 1 heterocycles. The van der Waals surface area contributed by atoms with Crippen LogP contribution in [-0.2, 0) is 4.79 Å². The van der Waals surface area contributed by atoms with E-state index in [0.717, 1.165) is 25.8 Å². The second-order valence-electron chi connectivity index (χ2n) is 5.83. The molecule has 1 fully saturated rings. The van der Waals surface area contributed by atoms with Gasteiger partial charge in [-0.15, -0.1) is 0 Å². The van der Waals surface area contributed by atoms with Crippen LogP contribution in [0, 0.1) is 11.3 Å². The normalized spacial score (nSPS) is 28.0. The summed E-state index contributed by atoms with van der Waals surface area (Å²) in [5.41, 5.74) is 0.278. The number of hydrogen-bond donors (Lipinski definition) is 1. The van der Waals surface area contributed by atoms with E-state index in [9.17, 15) is 4.79 Å². The second kappa shape index (κ2) is 4.43. The molecule has 1 aliphatic rings. The third-order valence-corrected chi connectivity index (χ3v) is 2.86. The van der Waals surface area contributed by atoms with Crippen molar-refractivity contribution < 1.29 is 4.79 Å². The van der Waals surface area contributed by atoms with Gasteiger partial charge in [-0.3, -0.25) is 4.79 Å². The minimum Gasteiger partial charge on any atom is -0.307 e. The van der Waals surface area contributed by atoms with Crippen LogP contribution in [0.5, 0.6) is 0 Å². The summed E-state index contributed by atoms with van der Waals surface area (Å²) in [6.45, 7) is 9.76.